The van der Waals surface area contributed by atoms with E-state index >= 15 is 0 Å². The molecule has 2 N–H and O–H groups in total. The number of hydrogen-bond donors (Lipinski definition) is 1. The van der Waals surface area contributed by atoms with Crippen LogP contribution in [0, 0.1) is 0 Å². The molecule has 0 amide bonds. The van der Waals surface area contributed by atoms with Gasteiger partial charge in [0.2, 0.25) is 9.84 Å². The van der Waals surface area contributed by atoms with Crippen LogP contribution in [-0.4, -0.2) is 30.3 Å². The number of nitrogens with zero attached hydrogens (tertiary/aromatic N) is 1. The summed E-state index contributed by atoms with van der Waals surface area (Å²) < 4.78 is 60.2. The smallest absolute Gasteiger partial charge is 0.323 e. The fourth-order valence-electron chi connectivity index (χ4n) is 2.25. The molecule has 0 heterocycles. The quantitative estimate of drug-likeness (QED) is 0.378. The highest BCUT2D eigenvalue weighted by molar-refractivity contribution is 7.92. The van der Waals surface area contributed by atoms with Crippen molar-refractivity contribution in [2.24, 2.45) is 10.9 Å². The third-order valence-corrected chi connectivity index (χ3v) is 5.63. The van der Waals surface area contributed by atoms with E-state index in [1.165, 1.54) is 18.2 Å². The topological polar surface area (TPSA) is 72.5 Å². The van der Waals surface area contributed by atoms with Gasteiger partial charge in [0.05, 0.1) is 16.3 Å². The Morgan fingerprint density at radius 3 is 2.38 bits per heavy atom. The van der Waals surface area contributed by atoms with Crippen molar-refractivity contribution >= 4 is 27.1 Å². The number of halogens is 4. The number of allylic oxidation sites excluding steroid dienone is 4. The van der Waals surface area contributed by atoms with Crippen LogP contribution in [-0.2, 0) is 9.84 Å². The van der Waals surface area contributed by atoms with Gasteiger partial charge in [-0.3, -0.25) is 0 Å². The van der Waals surface area contributed by atoms with Crippen LogP contribution >= 0.6 is 11.6 Å². The summed E-state index contributed by atoms with van der Waals surface area (Å²) in [5.41, 5.74) is -3.62. The summed E-state index contributed by atoms with van der Waals surface area (Å²) >= 11 is 6.04. The summed E-state index contributed by atoms with van der Waals surface area (Å²) in [6, 6.07) is 8.94. The Morgan fingerprint density at radius 1 is 1.29 bits per heavy atom. The Morgan fingerprint density at radius 2 is 1.92 bits per heavy atom. The van der Waals surface area contributed by atoms with E-state index in [2.05, 4.69) is 5.10 Å². The molecule has 0 saturated heterocycles. The molecule has 0 fully saturated rings. The Hall–Kier alpha value is -1.80. The first-order chi connectivity index (χ1) is 11.1. The Kier molecular flexibility index (Phi) is 5.10. The van der Waals surface area contributed by atoms with Crippen molar-refractivity contribution in [2.75, 3.05) is 5.75 Å². The molecule has 0 bridgehead atoms. The largest absolute Gasteiger partial charge is 0.497 e. The average molecular weight is 379 g/mol. The highest BCUT2D eigenvalue weighted by atomic mass is 35.5. The molecule has 1 aliphatic carbocycles. The molecule has 0 saturated carbocycles. The zero-order chi connectivity index (χ0) is 18.0. The lowest BCUT2D eigenvalue weighted by Crippen LogP contribution is -2.37. The van der Waals surface area contributed by atoms with Crippen LogP contribution in [0.5, 0.6) is 0 Å². The van der Waals surface area contributed by atoms with Crippen molar-refractivity contribution in [3.8, 4) is 0 Å². The van der Waals surface area contributed by atoms with E-state index in [1.807, 2.05) is 6.07 Å². The standard InChI is InChI=1S/C15H14ClF3N2O2S/c16-14(10-24(22,23)15(17,18)19)8-6-12(7-9-14)13(21-20)11-4-2-1-3-5-11/h1-8H,9-10,20H2. The fourth-order valence-corrected chi connectivity index (χ4v) is 3.83. The van der Waals surface area contributed by atoms with E-state index in [1.54, 1.807) is 24.3 Å². The number of nitrogens with two attached hydrogens (primary N) is 1. The minimum absolute atomic E-state index is 0.0957. The Labute approximate surface area is 142 Å². The molecule has 0 aromatic heterocycles. The molecule has 9 heteroatoms. The lowest BCUT2D eigenvalue weighted by Gasteiger charge is -2.26. The van der Waals surface area contributed by atoms with Crippen LogP contribution in [0.4, 0.5) is 13.2 Å². The van der Waals surface area contributed by atoms with Crippen LogP contribution in [0.2, 0.25) is 0 Å². The lowest BCUT2D eigenvalue weighted by atomic mass is 9.92. The highest BCUT2D eigenvalue weighted by Gasteiger charge is 2.49. The first-order valence-corrected chi connectivity index (χ1v) is 8.82. The van der Waals surface area contributed by atoms with Gasteiger partial charge in [-0.05, 0) is 12.0 Å². The predicted molar refractivity (Wildman–Crippen MR) is 87.4 cm³/mol. The van der Waals surface area contributed by atoms with Crippen LogP contribution in [0.25, 0.3) is 0 Å². The Balaban J connectivity index is 2.22. The minimum atomic E-state index is -5.33. The molecule has 1 aliphatic rings. The molecule has 1 unspecified atom stereocenters. The zero-order valence-electron chi connectivity index (χ0n) is 12.3. The van der Waals surface area contributed by atoms with Crippen molar-refractivity contribution in [3.05, 3.63) is 59.7 Å². The average Bonchev–Trinajstić information content (AvgIpc) is 2.49. The van der Waals surface area contributed by atoms with Gasteiger partial charge in [-0.25, -0.2) is 8.42 Å². The lowest BCUT2D eigenvalue weighted by molar-refractivity contribution is -0.0436. The van der Waals surface area contributed by atoms with Crippen molar-refractivity contribution in [1.82, 2.24) is 0 Å². The molecule has 1 atom stereocenters. The number of alkyl halides is 4. The van der Waals surface area contributed by atoms with E-state index in [4.69, 9.17) is 17.4 Å². The van der Waals surface area contributed by atoms with Gasteiger partial charge in [-0.1, -0.05) is 48.6 Å². The molecular formula is C15H14ClF3N2O2S. The Bertz CT molecular complexity index is 802. The van der Waals surface area contributed by atoms with Gasteiger partial charge in [0.25, 0.3) is 0 Å². The summed E-state index contributed by atoms with van der Waals surface area (Å²) in [6.07, 6.45) is 4.10. The highest BCUT2D eigenvalue weighted by Crippen LogP contribution is 2.35. The summed E-state index contributed by atoms with van der Waals surface area (Å²) in [6.45, 7) is 0. The van der Waals surface area contributed by atoms with E-state index in [0.717, 1.165) is 5.56 Å². The third kappa shape index (κ3) is 3.99. The van der Waals surface area contributed by atoms with Crippen LogP contribution < -0.4 is 5.84 Å². The second-order valence-electron chi connectivity index (χ2n) is 5.28. The van der Waals surface area contributed by atoms with Gasteiger partial charge < -0.3 is 5.84 Å². The third-order valence-electron chi connectivity index (χ3n) is 3.46. The molecule has 4 nitrogen and oxygen atoms in total. The van der Waals surface area contributed by atoms with Gasteiger partial charge in [-0.2, -0.15) is 18.3 Å². The normalized spacial score (nSPS) is 22.3. The number of benzene rings is 1. The van der Waals surface area contributed by atoms with Crippen LogP contribution in [0.3, 0.4) is 0 Å². The number of hydrogen-bond acceptors (Lipinski definition) is 4. The number of sulfone groups is 1. The van der Waals surface area contributed by atoms with Gasteiger partial charge in [0.15, 0.2) is 0 Å². The van der Waals surface area contributed by atoms with Gasteiger partial charge >= 0.3 is 5.51 Å². The number of hydrazone groups is 1. The second kappa shape index (κ2) is 6.60. The first-order valence-electron chi connectivity index (χ1n) is 6.79. The molecule has 0 spiro atoms. The zero-order valence-corrected chi connectivity index (χ0v) is 13.9. The first kappa shape index (κ1) is 18.5. The second-order valence-corrected chi connectivity index (χ2v) is 8.01. The molecule has 2 rings (SSSR count). The predicted octanol–water partition coefficient (Wildman–Crippen LogP) is 3.15. The summed E-state index contributed by atoms with van der Waals surface area (Å²) in [5, 5.41) is 3.70. The van der Waals surface area contributed by atoms with Crippen LogP contribution in [0.1, 0.15) is 12.0 Å². The monoisotopic (exact) mass is 378 g/mol. The maximum atomic E-state index is 12.5. The molecule has 24 heavy (non-hydrogen) atoms. The maximum absolute atomic E-state index is 12.5. The molecule has 1 aromatic carbocycles. The van der Waals surface area contributed by atoms with E-state index in [0.29, 0.717) is 11.3 Å². The van der Waals surface area contributed by atoms with E-state index in [9.17, 15) is 21.6 Å². The molecule has 0 aliphatic heterocycles. The number of rotatable bonds is 4. The fraction of sp³-hybridized carbons (Fsp3) is 0.267. The van der Waals surface area contributed by atoms with Gasteiger partial charge in [-0.15, -0.1) is 11.6 Å². The van der Waals surface area contributed by atoms with Gasteiger partial charge in [0.1, 0.15) is 0 Å². The SMILES string of the molecule is NN=C(C1=CCC(Cl)(CS(=O)(=O)C(F)(F)F)C=C1)c1ccccc1. The van der Waals surface area contributed by atoms with Crippen molar-refractivity contribution in [2.45, 2.75) is 16.8 Å². The van der Waals surface area contributed by atoms with Gasteiger partial charge in [0, 0.05) is 5.56 Å². The van der Waals surface area contributed by atoms with Crippen molar-refractivity contribution < 1.29 is 21.6 Å². The maximum Gasteiger partial charge on any atom is 0.497 e. The van der Waals surface area contributed by atoms with Crippen LogP contribution in [0.15, 0.2) is 59.2 Å². The minimum Gasteiger partial charge on any atom is -0.323 e. The van der Waals surface area contributed by atoms with E-state index in [-0.39, 0.29) is 6.42 Å². The molecular weight excluding hydrogens is 365 g/mol. The van der Waals surface area contributed by atoms with E-state index < -0.39 is 26.0 Å². The summed E-state index contributed by atoms with van der Waals surface area (Å²) in [5.74, 6) is 4.17. The van der Waals surface area contributed by atoms with Crippen molar-refractivity contribution in [3.63, 3.8) is 0 Å². The molecule has 130 valence electrons. The molecule has 1 aromatic rings. The molecule has 0 radical (unpaired) electrons. The summed E-state index contributed by atoms with van der Waals surface area (Å²) in [7, 11) is -5.32. The van der Waals surface area contributed by atoms with Crippen molar-refractivity contribution in [1.29, 1.82) is 0 Å². The summed E-state index contributed by atoms with van der Waals surface area (Å²) in [4.78, 5) is -1.66.